The molecule has 2 aliphatic rings. The molecule has 2 aliphatic carbocycles. The maximum Gasteiger partial charge on any atom is 0.309 e. The Kier molecular flexibility index (Phi) is 4.85. The minimum absolute atomic E-state index is 0.0648. The van der Waals surface area contributed by atoms with E-state index in [0.717, 1.165) is 40.3 Å². The first-order valence-electron chi connectivity index (χ1n) is 9.33. The predicted molar refractivity (Wildman–Crippen MR) is 104 cm³/mol. The molecule has 3 atom stereocenters. The summed E-state index contributed by atoms with van der Waals surface area (Å²) < 4.78 is 0. The highest BCUT2D eigenvalue weighted by atomic mass is 35.5. The van der Waals surface area contributed by atoms with Gasteiger partial charge in [0.2, 0.25) is 0 Å². The Labute approximate surface area is 160 Å². The SMILES string of the molecule is CON=C1CC2[C@](C)(C(=O)O)CCC[C@]2(C)c2c(Cl)cc(C(C)C)cc21. The number of hydrogen-bond acceptors (Lipinski definition) is 3. The summed E-state index contributed by atoms with van der Waals surface area (Å²) >= 11 is 6.80. The number of halogens is 1. The van der Waals surface area contributed by atoms with Crippen molar-refractivity contribution >= 4 is 23.3 Å². The van der Waals surface area contributed by atoms with Crippen LogP contribution in [0.25, 0.3) is 0 Å². The van der Waals surface area contributed by atoms with E-state index in [4.69, 9.17) is 16.4 Å². The minimum Gasteiger partial charge on any atom is -0.481 e. The lowest BCUT2D eigenvalue weighted by molar-refractivity contribution is -0.156. The quantitative estimate of drug-likeness (QED) is 0.720. The average Bonchev–Trinajstić information content (AvgIpc) is 2.55. The van der Waals surface area contributed by atoms with E-state index >= 15 is 0 Å². The second-order valence-corrected chi connectivity index (χ2v) is 8.96. The second kappa shape index (κ2) is 6.56. The van der Waals surface area contributed by atoms with Crippen molar-refractivity contribution in [2.24, 2.45) is 16.5 Å². The van der Waals surface area contributed by atoms with E-state index in [1.807, 2.05) is 13.0 Å². The number of carboxylic acids is 1. The van der Waals surface area contributed by atoms with Crippen molar-refractivity contribution in [3.8, 4) is 0 Å². The number of carboxylic acid groups (broad SMARTS) is 1. The lowest BCUT2D eigenvalue weighted by atomic mass is 9.49. The van der Waals surface area contributed by atoms with Crippen molar-refractivity contribution in [3.63, 3.8) is 0 Å². The summed E-state index contributed by atoms with van der Waals surface area (Å²) in [7, 11) is 1.53. The summed E-state index contributed by atoms with van der Waals surface area (Å²) in [6.07, 6.45) is 3.10. The summed E-state index contributed by atoms with van der Waals surface area (Å²) in [6.45, 7) is 8.34. The van der Waals surface area contributed by atoms with Crippen LogP contribution < -0.4 is 0 Å². The van der Waals surface area contributed by atoms with Crippen LogP contribution in [0.5, 0.6) is 0 Å². The molecule has 3 rings (SSSR count). The van der Waals surface area contributed by atoms with Gasteiger partial charge in [-0.3, -0.25) is 4.79 Å². The Morgan fingerprint density at radius 2 is 2.04 bits per heavy atom. The molecule has 5 heteroatoms. The Bertz CT molecular complexity index is 773. The zero-order valence-corrected chi connectivity index (χ0v) is 17.0. The van der Waals surface area contributed by atoms with Crippen molar-refractivity contribution in [1.82, 2.24) is 0 Å². The molecule has 1 unspecified atom stereocenters. The van der Waals surface area contributed by atoms with Crippen LogP contribution in [0, 0.1) is 11.3 Å². The zero-order valence-electron chi connectivity index (χ0n) is 16.2. The Balaban J connectivity index is 2.28. The molecule has 0 spiro atoms. The molecule has 0 saturated heterocycles. The minimum atomic E-state index is -0.792. The van der Waals surface area contributed by atoms with Gasteiger partial charge < -0.3 is 9.94 Å². The Morgan fingerprint density at radius 3 is 2.62 bits per heavy atom. The summed E-state index contributed by atoms with van der Waals surface area (Å²) in [4.78, 5) is 17.3. The highest BCUT2D eigenvalue weighted by Gasteiger charge is 2.57. The molecule has 1 fully saturated rings. The van der Waals surface area contributed by atoms with Crippen LogP contribution >= 0.6 is 11.6 Å². The predicted octanol–water partition coefficient (Wildman–Crippen LogP) is 5.37. The van der Waals surface area contributed by atoms with Gasteiger partial charge >= 0.3 is 5.97 Å². The van der Waals surface area contributed by atoms with Gasteiger partial charge in [-0.2, -0.15) is 0 Å². The third-order valence-corrected chi connectivity index (χ3v) is 6.98. The van der Waals surface area contributed by atoms with E-state index in [0.29, 0.717) is 18.8 Å². The molecule has 0 bridgehead atoms. The molecular formula is C21H28ClNO3. The number of aliphatic carboxylic acids is 1. The van der Waals surface area contributed by atoms with Gasteiger partial charge in [-0.25, -0.2) is 0 Å². The fourth-order valence-electron chi connectivity index (χ4n) is 5.15. The van der Waals surface area contributed by atoms with Crippen molar-refractivity contribution in [1.29, 1.82) is 0 Å². The van der Waals surface area contributed by atoms with E-state index in [2.05, 4.69) is 32.0 Å². The maximum atomic E-state index is 12.2. The summed E-state index contributed by atoms with van der Waals surface area (Å²) in [5, 5.41) is 15.0. The number of fused-ring (bicyclic) bond motifs is 3. The van der Waals surface area contributed by atoms with E-state index in [9.17, 15) is 9.90 Å². The molecule has 142 valence electrons. The van der Waals surface area contributed by atoms with Crippen LogP contribution in [0.15, 0.2) is 17.3 Å². The molecule has 0 aliphatic heterocycles. The topological polar surface area (TPSA) is 58.9 Å². The number of nitrogens with zero attached hydrogens (tertiary/aromatic N) is 1. The van der Waals surface area contributed by atoms with Crippen LogP contribution in [-0.2, 0) is 15.0 Å². The largest absolute Gasteiger partial charge is 0.481 e. The molecular weight excluding hydrogens is 350 g/mol. The van der Waals surface area contributed by atoms with Gasteiger partial charge in [0, 0.05) is 10.6 Å². The molecule has 1 saturated carbocycles. The van der Waals surface area contributed by atoms with Gasteiger partial charge in [-0.1, -0.05) is 43.9 Å². The van der Waals surface area contributed by atoms with Crippen molar-refractivity contribution in [3.05, 3.63) is 33.8 Å². The molecule has 0 aromatic heterocycles. The molecule has 1 N–H and O–H groups in total. The third-order valence-electron chi connectivity index (χ3n) is 6.68. The number of hydrogen-bond donors (Lipinski definition) is 1. The third kappa shape index (κ3) is 2.74. The van der Waals surface area contributed by atoms with Crippen molar-refractivity contribution < 1.29 is 14.7 Å². The molecule has 26 heavy (non-hydrogen) atoms. The van der Waals surface area contributed by atoms with Crippen LogP contribution in [-0.4, -0.2) is 23.9 Å². The number of benzene rings is 1. The van der Waals surface area contributed by atoms with Gasteiger partial charge in [-0.15, -0.1) is 0 Å². The highest BCUT2D eigenvalue weighted by molar-refractivity contribution is 6.32. The van der Waals surface area contributed by atoms with E-state index in [1.54, 1.807) is 0 Å². The molecule has 0 radical (unpaired) electrons. The van der Waals surface area contributed by atoms with Crippen molar-refractivity contribution in [2.45, 2.75) is 64.7 Å². The van der Waals surface area contributed by atoms with Crippen LogP contribution in [0.4, 0.5) is 0 Å². The van der Waals surface area contributed by atoms with Crippen LogP contribution in [0.3, 0.4) is 0 Å². The monoisotopic (exact) mass is 377 g/mol. The van der Waals surface area contributed by atoms with Crippen LogP contribution in [0.2, 0.25) is 5.02 Å². The summed E-state index contributed by atoms with van der Waals surface area (Å²) in [5.41, 5.74) is 2.97. The lowest BCUT2D eigenvalue weighted by Gasteiger charge is -2.53. The highest BCUT2D eigenvalue weighted by Crippen LogP contribution is 2.58. The standard InChI is InChI=1S/C21H28ClNO3/c1-12(2)13-9-14-16(23-26-5)11-17-20(3,18(14)15(22)10-13)7-6-8-21(17,4)19(24)25/h9-10,12,17H,6-8,11H2,1-5H3,(H,24,25)/t17?,20-,21+/m0/s1. The first-order valence-corrected chi connectivity index (χ1v) is 9.70. The second-order valence-electron chi connectivity index (χ2n) is 8.55. The number of carbonyl (C=O) groups is 1. The van der Waals surface area contributed by atoms with E-state index in [1.165, 1.54) is 7.11 Å². The molecule has 1 aromatic rings. The molecule has 1 aromatic carbocycles. The fourth-order valence-corrected chi connectivity index (χ4v) is 5.59. The Hall–Kier alpha value is -1.55. The zero-order chi connectivity index (χ0) is 19.3. The first-order chi connectivity index (χ1) is 12.1. The number of rotatable bonds is 3. The van der Waals surface area contributed by atoms with Gasteiger partial charge in [0.15, 0.2) is 0 Å². The van der Waals surface area contributed by atoms with Crippen LogP contribution in [0.1, 0.15) is 76.0 Å². The number of oxime groups is 1. The molecule has 4 nitrogen and oxygen atoms in total. The smallest absolute Gasteiger partial charge is 0.309 e. The summed E-state index contributed by atoms with van der Waals surface area (Å²) in [6, 6.07) is 4.20. The van der Waals surface area contributed by atoms with E-state index in [-0.39, 0.29) is 11.3 Å². The molecule has 0 heterocycles. The maximum absolute atomic E-state index is 12.2. The molecule has 0 amide bonds. The average molecular weight is 378 g/mol. The Morgan fingerprint density at radius 1 is 1.35 bits per heavy atom. The van der Waals surface area contributed by atoms with E-state index < -0.39 is 11.4 Å². The lowest BCUT2D eigenvalue weighted by Crippen LogP contribution is -2.53. The van der Waals surface area contributed by atoms with Gasteiger partial charge in [0.1, 0.15) is 7.11 Å². The normalized spacial score (nSPS) is 32.3. The van der Waals surface area contributed by atoms with Crippen molar-refractivity contribution in [2.75, 3.05) is 7.11 Å². The van der Waals surface area contributed by atoms with Gasteiger partial charge in [0.25, 0.3) is 0 Å². The van der Waals surface area contributed by atoms with Gasteiger partial charge in [0.05, 0.1) is 11.1 Å². The first kappa shape index (κ1) is 19.2. The van der Waals surface area contributed by atoms with Gasteiger partial charge in [-0.05, 0) is 66.7 Å². The fraction of sp³-hybridized carbons (Fsp3) is 0.619. The summed E-state index contributed by atoms with van der Waals surface area (Å²) in [5.74, 6) is -0.448.